The Bertz CT molecular complexity index is 1020. The molecule has 0 bridgehead atoms. The van der Waals surface area contributed by atoms with Gasteiger partial charge >= 0.3 is 6.01 Å². The van der Waals surface area contributed by atoms with Crippen LogP contribution < -0.4 is 14.2 Å². The largest absolute Gasteiger partial charge is 0.481 e. The van der Waals surface area contributed by atoms with E-state index in [1.54, 1.807) is 18.3 Å². The fraction of sp³-hybridized carbons (Fsp3) is 0.136. The van der Waals surface area contributed by atoms with E-state index in [9.17, 15) is 0 Å². The van der Waals surface area contributed by atoms with Gasteiger partial charge in [0.05, 0.1) is 26.5 Å². The molecule has 0 aliphatic carbocycles. The summed E-state index contributed by atoms with van der Waals surface area (Å²) < 4.78 is 16.1. The van der Waals surface area contributed by atoms with E-state index in [1.165, 1.54) is 14.2 Å². The number of benzene rings is 2. The second-order valence-electron chi connectivity index (χ2n) is 5.86. The summed E-state index contributed by atoms with van der Waals surface area (Å²) in [4.78, 5) is 13.6. The lowest BCUT2D eigenvalue weighted by molar-refractivity contribution is 0.177. The Hall–Kier alpha value is -3.58. The smallest absolute Gasteiger partial charge is 0.328 e. The van der Waals surface area contributed by atoms with Gasteiger partial charge in [0.1, 0.15) is 12.4 Å². The number of para-hydroxylation sites is 1. The number of rotatable bonds is 9. The molecule has 0 aliphatic heterocycles. The Morgan fingerprint density at radius 1 is 0.967 bits per heavy atom. The Balaban J connectivity index is 1.62. The van der Waals surface area contributed by atoms with Gasteiger partial charge in [0, 0.05) is 10.6 Å². The molecule has 0 saturated carbocycles. The number of aromatic nitrogens is 2. The molecule has 154 valence electrons. The lowest BCUT2D eigenvalue weighted by Gasteiger charge is -2.09. The molecule has 0 fully saturated rings. The molecule has 0 amide bonds. The highest BCUT2D eigenvalue weighted by Gasteiger charge is 2.09. The molecule has 30 heavy (non-hydrogen) atoms. The van der Waals surface area contributed by atoms with Crippen molar-refractivity contribution in [3.05, 3.63) is 76.8 Å². The van der Waals surface area contributed by atoms with E-state index in [2.05, 4.69) is 15.1 Å². The molecule has 2 aromatic carbocycles. The van der Waals surface area contributed by atoms with Crippen LogP contribution in [0.2, 0.25) is 5.02 Å². The van der Waals surface area contributed by atoms with E-state index in [4.69, 9.17) is 30.6 Å². The number of methoxy groups -OCH3 is 2. The third kappa shape index (κ3) is 6.22. The molecule has 0 N–H and O–H groups in total. The van der Waals surface area contributed by atoms with Gasteiger partial charge in [-0.1, -0.05) is 47.1 Å². The van der Waals surface area contributed by atoms with Crippen LogP contribution in [0.3, 0.4) is 0 Å². The van der Waals surface area contributed by atoms with Crippen molar-refractivity contribution in [3.8, 4) is 23.5 Å². The van der Waals surface area contributed by atoms with Crippen molar-refractivity contribution >= 4 is 23.9 Å². The zero-order valence-electron chi connectivity index (χ0n) is 16.5. The molecule has 0 aliphatic rings. The lowest BCUT2D eigenvalue weighted by Crippen LogP contribution is -1.99. The van der Waals surface area contributed by atoms with Crippen molar-refractivity contribution < 1.29 is 19.0 Å². The van der Waals surface area contributed by atoms with Crippen LogP contribution in [0.1, 0.15) is 11.1 Å². The minimum Gasteiger partial charge on any atom is -0.481 e. The molecule has 0 atom stereocenters. The molecule has 0 unspecified atom stereocenters. The predicted molar refractivity (Wildman–Crippen MR) is 116 cm³/mol. The van der Waals surface area contributed by atoms with Crippen LogP contribution in [0.15, 0.2) is 65.8 Å². The summed E-state index contributed by atoms with van der Waals surface area (Å²) in [5.74, 6) is 1.17. The van der Waals surface area contributed by atoms with E-state index >= 15 is 0 Å². The first-order chi connectivity index (χ1) is 14.7. The first-order valence-electron chi connectivity index (χ1n) is 8.99. The molecule has 1 aromatic heterocycles. The summed E-state index contributed by atoms with van der Waals surface area (Å²) in [5, 5.41) is 4.67. The van der Waals surface area contributed by atoms with Gasteiger partial charge in [-0.2, -0.15) is 9.97 Å². The predicted octanol–water partition coefficient (Wildman–Crippen LogP) is 5.00. The SMILES string of the molecule is COc1cc(OC)nc(Oc2ccccc2C=NOCC=Cc2cccc(Cl)c2)n1. The Morgan fingerprint density at radius 3 is 2.47 bits per heavy atom. The van der Waals surface area contributed by atoms with Crippen LogP contribution >= 0.6 is 11.6 Å². The van der Waals surface area contributed by atoms with Gasteiger partial charge in [0.15, 0.2) is 0 Å². The summed E-state index contributed by atoms with van der Waals surface area (Å²) in [6.45, 7) is 0.308. The molecule has 3 rings (SSSR count). The quantitative estimate of drug-likeness (QED) is 0.273. The van der Waals surface area contributed by atoms with Gasteiger partial charge in [0.25, 0.3) is 0 Å². The minimum absolute atomic E-state index is 0.0948. The van der Waals surface area contributed by atoms with Crippen LogP contribution in [0, 0.1) is 0 Å². The number of hydrogen-bond acceptors (Lipinski definition) is 7. The molecule has 7 nitrogen and oxygen atoms in total. The zero-order chi connectivity index (χ0) is 21.2. The van der Waals surface area contributed by atoms with Gasteiger partial charge in [-0.15, -0.1) is 0 Å². The fourth-order valence-corrected chi connectivity index (χ4v) is 2.59. The van der Waals surface area contributed by atoms with Crippen molar-refractivity contribution in [2.24, 2.45) is 5.16 Å². The number of nitrogens with zero attached hydrogens (tertiary/aromatic N) is 3. The van der Waals surface area contributed by atoms with E-state index in [0.29, 0.717) is 34.7 Å². The maximum absolute atomic E-state index is 5.96. The van der Waals surface area contributed by atoms with Crippen molar-refractivity contribution in [2.75, 3.05) is 20.8 Å². The van der Waals surface area contributed by atoms with E-state index in [0.717, 1.165) is 5.56 Å². The number of halogens is 1. The molecule has 0 radical (unpaired) electrons. The molecule has 0 saturated heterocycles. The molecular formula is C22H20ClN3O4. The third-order valence-corrected chi connectivity index (χ3v) is 4.03. The average molecular weight is 426 g/mol. The Labute approximate surface area is 179 Å². The van der Waals surface area contributed by atoms with E-state index < -0.39 is 0 Å². The minimum atomic E-state index is 0.0948. The second kappa shape index (κ2) is 10.8. The molecule has 8 heteroatoms. The molecule has 3 aromatic rings. The van der Waals surface area contributed by atoms with Crippen molar-refractivity contribution in [2.45, 2.75) is 0 Å². The third-order valence-electron chi connectivity index (χ3n) is 3.79. The topological polar surface area (TPSA) is 75.1 Å². The van der Waals surface area contributed by atoms with Crippen LogP contribution in [0.5, 0.6) is 23.5 Å². The average Bonchev–Trinajstić information content (AvgIpc) is 2.77. The summed E-state index contributed by atoms with van der Waals surface area (Å²) in [7, 11) is 3.01. The number of ether oxygens (including phenoxy) is 3. The van der Waals surface area contributed by atoms with E-state index in [1.807, 2.05) is 54.6 Å². The maximum Gasteiger partial charge on any atom is 0.328 e. The molecule has 0 spiro atoms. The maximum atomic E-state index is 5.96. The highest BCUT2D eigenvalue weighted by Crippen LogP contribution is 2.25. The van der Waals surface area contributed by atoms with Gasteiger partial charge in [-0.25, -0.2) is 0 Å². The normalized spacial score (nSPS) is 11.0. The monoisotopic (exact) mass is 425 g/mol. The van der Waals surface area contributed by atoms with E-state index in [-0.39, 0.29) is 6.01 Å². The van der Waals surface area contributed by atoms with Gasteiger partial charge < -0.3 is 19.0 Å². The first kappa shape index (κ1) is 21.1. The van der Waals surface area contributed by atoms with Crippen molar-refractivity contribution in [1.29, 1.82) is 0 Å². The summed E-state index contributed by atoms with van der Waals surface area (Å²) >= 11 is 5.96. The van der Waals surface area contributed by atoms with Crippen molar-refractivity contribution in [3.63, 3.8) is 0 Å². The van der Waals surface area contributed by atoms with Crippen LogP contribution in [0.4, 0.5) is 0 Å². The number of hydrogen-bond donors (Lipinski definition) is 0. The lowest BCUT2D eigenvalue weighted by atomic mass is 10.2. The Kier molecular flexibility index (Phi) is 7.63. The standard InChI is InChI=1S/C22H20ClN3O4/c1-27-20-14-21(28-2)26-22(25-20)30-19-11-4-3-9-17(19)15-24-29-12-6-8-16-7-5-10-18(23)13-16/h3-11,13-15H,12H2,1-2H3. The van der Waals surface area contributed by atoms with Gasteiger partial charge in [-0.3, -0.25) is 0 Å². The zero-order valence-corrected chi connectivity index (χ0v) is 17.2. The molecule has 1 heterocycles. The number of oxime groups is 1. The fourth-order valence-electron chi connectivity index (χ4n) is 2.39. The van der Waals surface area contributed by atoms with Gasteiger partial charge in [0.2, 0.25) is 11.8 Å². The van der Waals surface area contributed by atoms with Crippen molar-refractivity contribution in [1.82, 2.24) is 9.97 Å². The van der Waals surface area contributed by atoms with Gasteiger partial charge in [-0.05, 0) is 35.9 Å². The summed E-state index contributed by atoms with van der Waals surface area (Å²) in [5.41, 5.74) is 1.68. The summed E-state index contributed by atoms with van der Waals surface area (Å²) in [6, 6.07) is 16.5. The first-order valence-corrected chi connectivity index (χ1v) is 9.37. The van der Waals surface area contributed by atoms with Crippen LogP contribution in [0.25, 0.3) is 6.08 Å². The second-order valence-corrected chi connectivity index (χ2v) is 6.30. The highest BCUT2D eigenvalue weighted by atomic mass is 35.5. The molecular weight excluding hydrogens is 406 g/mol. The Morgan fingerprint density at radius 2 is 1.73 bits per heavy atom. The highest BCUT2D eigenvalue weighted by molar-refractivity contribution is 6.30. The summed E-state index contributed by atoms with van der Waals surface area (Å²) in [6.07, 6.45) is 5.31. The van der Waals surface area contributed by atoms with Crippen LogP contribution in [-0.4, -0.2) is 37.0 Å². The van der Waals surface area contributed by atoms with Crippen LogP contribution in [-0.2, 0) is 4.84 Å².